The van der Waals surface area contributed by atoms with Crippen molar-refractivity contribution in [2.45, 2.75) is 57.2 Å². The van der Waals surface area contributed by atoms with Gasteiger partial charge in [-0.1, -0.05) is 42.5 Å². The SMILES string of the molecule is COC(=O)C(Cc1ccccc1)NC(=S)N1CCC(n2c(=O)n(CCCN3CCCC3)c3ccccc32)CC1. The van der Waals surface area contributed by atoms with Crippen molar-refractivity contribution in [1.29, 1.82) is 0 Å². The number of rotatable bonds is 9. The smallest absolute Gasteiger partial charge is 0.329 e. The van der Waals surface area contributed by atoms with Crippen molar-refractivity contribution in [2.24, 2.45) is 0 Å². The van der Waals surface area contributed by atoms with Crippen LogP contribution >= 0.6 is 12.2 Å². The van der Waals surface area contributed by atoms with Gasteiger partial charge in [-0.25, -0.2) is 9.59 Å². The van der Waals surface area contributed by atoms with Gasteiger partial charge in [-0.2, -0.15) is 0 Å². The lowest BCUT2D eigenvalue weighted by Crippen LogP contribution is -2.51. The number of thiocarbonyl (C=S) groups is 1. The second kappa shape index (κ2) is 12.8. The minimum absolute atomic E-state index is 0.0883. The minimum Gasteiger partial charge on any atom is -0.467 e. The molecule has 208 valence electrons. The van der Waals surface area contributed by atoms with Crippen LogP contribution in [-0.2, 0) is 22.5 Å². The van der Waals surface area contributed by atoms with Crippen molar-refractivity contribution < 1.29 is 9.53 Å². The van der Waals surface area contributed by atoms with E-state index < -0.39 is 6.04 Å². The van der Waals surface area contributed by atoms with Crippen LogP contribution in [0.25, 0.3) is 11.0 Å². The topological polar surface area (TPSA) is 71.7 Å². The number of para-hydroxylation sites is 2. The molecule has 39 heavy (non-hydrogen) atoms. The summed E-state index contributed by atoms with van der Waals surface area (Å²) in [6.07, 6.45) is 5.67. The van der Waals surface area contributed by atoms with Gasteiger partial charge in [0, 0.05) is 32.1 Å². The fourth-order valence-corrected chi connectivity index (χ4v) is 6.34. The number of likely N-dealkylation sites (tertiary alicyclic amines) is 2. The summed E-state index contributed by atoms with van der Waals surface area (Å²) in [5.74, 6) is -0.333. The average Bonchev–Trinajstić information content (AvgIpc) is 3.59. The number of carbonyl (C=O) groups is 1. The third-order valence-corrected chi connectivity index (χ3v) is 8.48. The Morgan fingerprint density at radius 1 is 0.974 bits per heavy atom. The molecule has 2 aliphatic heterocycles. The number of benzene rings is 2. The Morgan fingerprint density at radius 3 is 2.33 bits per heavy atom. The molecular formula is C30H39N5O3S. The van der Waals surface area contributed by atoms with E-state index in [4.69, 9.17) is 17.0 Å². The Bertz CT molecular complexity index is 1320. The van der Waals surface area contributed by atoms with Gasteiger partial charge >= 0.3 is 11.7 Å². The van der Waals surface area contributed by atoms with Crippen LogP contribution in [-0.4, -0.2) is 75.9 Å². The van der Waals surface area contributed by atoms with Crippen molar-refractivity contribution in [3.63, 3.8) is 0 Å². The molecule has 3 aromatic rings. The maximum absolute atomic E-state index is 13.7. The van der Waals surface area contributed by atoms with Crippen LogP contribution in [0.15, 0.2) is 59.4 Å². The quantitative estimate of drug-likeness (QED) is 0.323. The maximum Gasteiger partial charge on any atom is 0.329 e. The summed E-state index contributed by atoms with van der Waals surface area (Å²) in [7, 11) is 1.40. The number of aromatic nitrogens is 2. The number of aryl methyl sites for hydroxylation is 1. The van der Waals surface area contributed by atoms with Crippen LogP contribution in [0.2, 0.25) is 0 Å². The van der Waals surface area contributed by atoms with Gasteiger partial charge in [0.2, 0.25) is 0 Å². The number of methoxy groups -OCH3 is 1. The van der Waals surface area contributed by atoms with Crippen LogP contribution in [0.5, 0.6) is 0 Å². The van der Waals surface area contributed by atoms with E-state index in [0.717, 1.165) is 62.0 Å². The number of hydrogen-bond acceptors (Lipinski definition) is 5. The van der Waals surface area contributed by atoms with E-state index in [0.29, 0.717) is 11.5 Å². The first-order valence-electron chi connectivity index (χ1n) is 14.1. The monoisotopic (exact) mass is 549 g/mol. The molecule has 0 radical (unpaired) electrons. The van der Waals surface area contributed by atoms with Crippen molar-refractivity contribution in [3.05, 3.63) is 70.6 Å². The highest BCUT2D eigenvalue weighted by Crippen LogP contribution is 2.26. The molecule has 1 N–H and O–H groups in total. The maximum atomic E-state index is 13.7. The van der Waals surface area contributed by atoms with E-state index in [1.54, 1.807) is 0 Å². The summed E-state index contributed by atoms with van der Waals surface area (Å²) in [6.45, 7) is 5.59. The highest BCUT2D eigenvalue weighted by molar-refractivity contribution is 7.80. The summed E-state index contributed by atoms with van der Waals surface area (Å²) in [6, 6.07) is 17.6. The zero-order chi connectivity index (χ0) is 27.2. The van der Waals surface area contributed by atoms with Gasteiger partial charge < -0.3 is 19.9 Å². The largest absolute Gasteiger partial charge is 0.467 e. The molecule has 1 atom stereocenters. The van der Waals surface area contributed by atoms with Gasteiger partial charge in [0.25, 0.3) is 0 Å². The van der Waals surface area contributed by atoms with E-state index in [2.05, 4.69) is 27.2 Å². The first-order chi connectivity index (χ1) is 19.0. The molecule has 9 heteroatoms. The Hall–Kier alpha value is -3.17. The van der Waals surface area contributed by atoms with Crippen molar-refractivity contribution >= 4 is 34.3 Å². The first-order valence-corrected chi connectivity index (χ1v) is 14.6. The number of ether oxygens (including phenoxy) is 1. The van der Waals surface area contributed by atoms with Crippen molar-refractivity contribution in [3.8, 4) is 0 Å². The Kier molecular flexibility index (Phi) is 8.98. The molecule has 0 amide bonds. The Balaban J connectivity index is 1.23. The van der Waals surface area contributed by atoms with E-state index in [1.165, 1.54) is 33.0 Å². The van der Waals surface area contributed by atoms with E-state index >= 15 is 0 Å². The Morgan fingerprint density at radius 2 is 1.64 bits per heavy atom. The molecule has 1 aromatic heterocycles. The second-order valence-corrected chi connectivity index (χ2v) is 11.0. The number of imidazole rings is 1. The lowest BCUT2D eigenvalue weighted by molar-refractivity contribution is -0.142. The van der Waals surface area contributed by atoms with Crippen LogP contribution in [0.3, 0.4) is 0 Å². The molecule has 0 bridgehead atoms. The van der Waals surface area contributed by atoms with Gasteiger partial charge in [0.05, 0.1) is 18.1 Å². The van der Waals surface area contributed by atoms with Gasteiger partial charge in [-0.15, -0.1) is 0 Å². The Labute approximate surface area is 235 Å². The normalized spacial score (nSPS) is 17.4. The van der Waals surface area contributed by atoms with Gasteiger partial charge in [-0.3, -0.25) is 9.13 Å². The fraction of sp³-hybridized carbons (Fsp3) is 0.500. The third kappa shape index (κ3) is 6.36. The number of piperidine rings is 1. The number of hydrogen-bond donors (Lipinski definition) is 1. The standard InChI is InChI=1S/C30H39N5O3S/c1-38-28(36)25(22-23-10-3-2-4-11-23)31-29(39)33-20-14-24(15-21-33)35-27-13-6-5-12-26(27)34(30(35)37)19-9-18-32-16-7-8-17-32/h2-6,10-13,24-25H,7-9,14-22H2,1H3,(H,31,39). The molecule has 0 spiro atoms. The van der Waals surface area contributed by atoms with Gasteiger partial charge in [0.1, 0.15) is 6.04 Å². The summed E-state index contributed by atoms with van der Waals surface area (Å²) in [4.78, 5) is 30.8. The van der Waals surface area contributed by atoms with E-state index in [9.17, 15) is 9.59 Å². The average molecular weight is 550 g/mol. The lowest BCUT2D eigenvalue weighted by Gasteiger charge is -2.35. The highest BCUT2D eigenvalue weighted by Gasteiger charge is 2.28. The number of carbonyl (C=O) groups excluding carboxylic acids is 1. The third-order valence-electron chi connectivity index (χ3n) is 8.11. The second-order valence-electron chi connectivity index (χ2n) is 10.6. The molecule has 2 aliphatic rings. The van der Waals surface area contributed by atoms with Crippen molar-refractivity contribution in [2.75, 3.05) is 39.8 Å². The summed E-state index contributed by atoms with van der Waals surface area (Å²) >= 11 is 5.72. The molecule has 8 nitrogen and oxygen atoms in total. The van der Waals surface area contributed by atoms with Crippen LogP contribution in [0, 0.1) is 0 Å². The number of nitrogens with zero attached hydrogens (tertiary/aromatic N) is 4. The van der Waals surface area contributed by atoms with E-state index in [-0.39, 0.29) is 17.7 Å². The van der Waals surface area contributed by atoms with Crippen LogP contribution in [0.4, 0.5) is 0 Å². The molecule has 5 rings (SSSR count). The van der Waals surface area contributed by atoms with Gasteiger partial charge in [-0.05, 0) is 81.7 Å². The molecule has 0 saturated carbocycles. The molecule has 1 unspecified atom stereocenters. The number of fused-ring (bicyclic) bond motifs is 1. The zero-order valence-electron chi connectivity index (χ0n) is 22.8. The van der Waals surface area contributed by atoms with Crippen LogP contribution < -0.4 is 11.0 Å². The van der Waals surface area contributed by atoms with E-state index in [1.807, 2.05) is 51.6 Å². The molecule has 2 fully saturated rings. The first kappa shape index (κ1) is 27.4. The highest BCUT2D eigenvalue weighted by atomic mass is 32.1. The number of nitrogens with one attached hydrogen (secondary N) is 1. The fourth-order valence-electron chi connectivity index (χ4n) is 6.01. The lowest BCUT2D eigenvalue weighted by atomic mass is 10.0. The molecule has 2 saturated heterocycles. The zero-order valence-corrected chi connectivity index (χ0v) is 23.6. The molecule has 3 heterocycles. The van der Waals surface area contributed by atoms with Crippen molar-refractivity contribution in [1.82, 2.24) is 24.3 Å². The predicted octanol–water partition coefficient (Wildman–Crippen LogP) is 3.58. The summed E-state index contributed by atoms with van der Waals surface area (Å²) < 4.78 is 9.01. The molecular weight excluding hydrogens is 510 g/mol. The molecule has 2 aromatic carbocycles. The summed E-state index contributed by atoms with van der Waals surface area (Å²) in [5, 5.41) is 3.79. The minimum atomic E-state index is -0.552. The van der Waals surface area contributed by atoms with Gasteiger partial charge in [0.15, 0.2) is 5.11 Å². The number of esters is 1. The summed E-state index contributed by atoms with van der Waals surface area (Å²) in [5.41, 5.74) is 3.16. The van der Waals surface area contributed by atoms with Crippen LogP contribution in [0.1, 0.15) is 43.7 Å². The molecule has 0 aliphatic carbocycles. The predicted molar refractivity (Wildman–Crippen MR) is 158 cm³/mol.